The second-order valence-electron chi connectivity index (χ2n) is 7.30. The van der Waals surface area contributed by atoms with Gasteiger partial charge in [-0.05, 0) is 30.9 Å². The van der Waals surface area contributed by atoms with Crippen molar-refractivity contribution < 1.29 is 17.9 Å². The van der Waals surface area contributed by atoms with Gasteiger partial charge < -0.3 is 15.0 Å². The minimum absolute atomic E-state index is 0.201. The first-order valence-corrected chi connectivity index (χ1v) is 10.2. The molecule has 1 aliphatic heterocycles. The maximum absolute atomic E-state index is 12.7. The molecule has 1 unspecified atom stereocenters. The fourth-order valence-corrected chi connectivity index (χ4v) is 3.42. The molecule has 9 heteroatoms. The van der Waals surface area contributed by atoms with Crippen molar-refractivity contribution in [2.45, 2.75) is 39.4 Å². The average Bonchev–Trinajstić information content (AvgIpc) is 3.14. The number of aromatic nitrogens is 1. The van der Waals surface area contributed by atoms with E-state index in [-0.39, 0.29) is 5.92 Å². The third-order valence-electron chi connectivity index (χ3n) is 4.87. The Labute approximate surface area is 171 Å². The number of ether oxygens (including phenoxy) is 1. The Balaban J connectivity index is 1.82. The zero-order chi connectivity index (χ0) is 21.3. The van der Waals surface area contributed by atoms with E-state index in [1.807, 2.05) is 19.1 Å². The van der Waals surface area contributed by atoms with E-state index in [0.717, 1.165) is 30.9 Å². The molecule has 0 aliphatic carbocycles. The van der Waals surface area contributed by atoms with Gasteiger partial charge in [0, 0.05) is 45.5 Å². The topological polar surface area (TPSA) is 53.0 Å². The van der Waals surface area contributed by atoms with Crippen LogP contribution in [0.15, 0.2) is 23.3 Å². The standard InChI is InChI=1S/C20H32F3N5O/c1-4-10-29-18-7-6-16(11-25-18)12-26-19(24-3)28-9-8-17(14-28)13-27(5-2)15-20(21,22)23/h6-7,11,17H,4-5,8-10,12-15H2,1-3H3,(H,24,26). The zero-order valence-corrected chi connectivity index (χ0v) is 17.5. The van der Waals surface area contributed by atoms with Gasteiger partial charge in [0.05, 0.1) is 13.2 Å². The highest BCUT2D eigenvalue weighted by atomic mass is 19.4. The molecule has 1 fully saturated rings. The van der Waals surface area contributed by atoms with Gasteiger partial charge in [0.25, 0.3) is 0 Å². The van der Waals surface area contributed by atoms with Crippen LogP contribution in [0, 0.1) is 5.92 Å². The number of hydrogen-bond acceptors (Lipinski definition) is 4. The fourth-order valence-electron chi connectivity index (χ4n) is 3.42. The maximum atomic E-state index is 12.7. The summed E-state index contributed by atoms with van der Waals surface area (Å²) in [5.41, 5.74) is 1.01. The third kappa shape index (κ3) is 8.08. The molecule has 1 aromatic rings. The molecule has 0 radical (unpaired) electrons. The summed E-state index contributed by atoms with van der Waals surface area (Å²) in [6, 6.07) is 3.81. The number of guanidine groups is 1. The lowest BCUT2D eigenvalue weighted by molar-refractivity contribution is -0.146. The normalized spacial score (nSPS) is 17.8. The Kier molecular flexibility index (Phi) is 9.00. The summed E-state index contributed by atoms with van der Waals surface area (Å²) in [6.45, 7) is 6.52. The van der Waals surface area contributed by atoms with Crippen LogP contribution in [0.3, 0.4) is 0 Å². The minimum Gasteiger partial charge on any atom is -0.478 e. The van der Waals surface area contributed by atoms with Gasteiger partial charge in [-0.25, -0.2) is 4.98 Å². The molecule has 2 rings (SSSR count). The largest absolute Gasteiger partial charge is 0.478 e. The Hall–Kier alpha value is -2.03. The molecule has 1 atom stereocenters. The van der Waals surface area contributed by atoms with Crippen LogP contribution >= 0.6 is 0 Å². The van der Waals surface area contributed by atoms with Crippen LogP contribution in [0.25, 0.3) is 0 Å². The quantitative estimate of drug-likeness (QED) is 0.496. The predicted octanol–water partition coefficient (Wildman–Crippen LogP) is 3.15. The van der Waals surface area contributed by atoms with Crippen LogP contribution in [0.1, 0.15) is 32.3 Å². The summed E-state index contributed by atoms with van der Waals surface area (Å²) in [4.78, 5) is 12.2. The predicted molar refractivity (Wildman–Crippen MR) is 108 cm³/mol. The first-order valence-electron chi connectivity index (χ1n) is 10.2. The van der Waals surface area contributed by atoms with Crippen molar-refractivity contribution >= 4 is 5.96 Å². The molecule has 1 N–H and O–H groups in total. The van der Waals surface area contributed by atoms with E-state index in [9.17, 15) is 13.2 Å². The minimum atomic E-state index is -4.16. The number of aliphatic imine (C=N–C) groups is 1. The number of nitrogens with zero attached hydrogens (tertiary/aromatic N) is 4. The molecule has 0 spiro atoms. The van der Waals surface area contributed by atoms with Crippen molar-refractivity contribution in [2.75, 3.05) is 46.4 Å². The first kappa shape index (κ1) is 23.3. The van der Waals surface area contributed by atoms with Gasteiger partial charge >= 0.3 is 6.18 Å². The van der Waals surface area contributed by atoms with E-state index in [4.69, 9.17) is 4.74 Å². The number of nitrogens with one attached hydrogen (secondary N) is 1. The lowest BCUT2D eigenvalue weighted by Gasteiger charge is -2.26. The van der Waals surface area contributed by atoms with Gasteiger partial charge in [0.15, 0.2) is 5.96 Å². The molecule has 0 bridgehead atoms. The Bertz CT molecular complexity index is 636. The zero-order valence-electron chi connectivity index (χ0n) is 17.5. The van der Waals surface area contributed by atoms with E-state index in [2.05, 4.69) is 20.2 Å². The summed E-state index contributed by atoms with van der Waals surface area (Å²) in [7, 11) is 1.72. The monoisotopic (exact) mass is 415 g/mol. The summed E-state index contributed by atoms with van der Waals surface area (Å²) >= 11 is 0. The number of alkyl halides is 3. The molecule has 1 saturated heterocycles. The molecule has 6 nitrogen and oxygen atoms in total. The van der Waals surface area contributed by atoms with Crippen molar-refractivity contribution in [3.05, 3.63) is 23.9 Å². The maximum Gasteiger partial charge on any atom is 0.401 e. The Morgan fingerprint density at radius 3 is 2.76 bits per heavy atom. The van der Waals surface area contributed by atoms with Crippen molar-refractivity contribution in [1.29, 1.82) is 0 Å². The van der Waals surface area contributed by atoms with Gasteiger partial charge in [0.1, 0.15) is 0 Å². The number of rotatable bonds is 9. The smallest absolute Gasteiger partial charge is 0.401 e. The van der Waals surface area contributed by atoms with Crippen molar-refractivity contribution in [2.24, 2.45) is 10.9 Å². The summed E-state index contributed by atoms with van der Waals surface area (Å²) < 4.78 is 43.5. The van der Waals surface area contributed by atoms with Gasteiger partial charge in [-0.15, -0.1) is 0 Å². The molecule has 1 aliphatic rings. The van der Waals surface area contributed by atoms with E-state index in [1.165, 1.54) is 4.90 Å². The van der Waals surface area contributed by atoms with Crippen molar-refractivity contribution in [1.82, 2.24) is 20.1 Å². The van der Waals surface area contributed by atoms with Gasteiger partial charge in [-0.2, -0.15) is 13.2 Å². The number of halogens is 3. The Morgan fingerprint density at radius 1 is 1.38 bits per heavy atom. The van der Waals surface area contributed by atoms with Crippen LogP contribution in [-0.4, -0.2) is 73.3 Å². The molecule has 0 amide bonds. The molecule has 1 aromatic heterocycles. The number of hydrogen-bond donors (Lipinski definition) is 1. The van der Waals surface area contributed by atoms with E-state index in [1.54, 1.807) is 20.2 Å². The molecular weight excluding hydrogens is 383 g/mol. The molecule has 164 valence electrons. The SMILES string of the molecule is CCCOc1ccc(CNC(=NC)N2CCC(CN(CC)CC(F)(F)F)C2)cn1. The highest BCUT2D eigenvalue weighted by Crippen LogP contribution is 2.21. The highest BCUT2D eigenvalue weighted by Gasteiger charge is 2.32. The molecule has 0 saturated carbocycles. The second kappa shape index (κ2) is 11.2. The number of pyridine rings is 1. The van der Waals surface area contributed by atoms with Crippen LogP contribution in [-0.2, 0) is 6.54 Å². The second-order valence-corrected chi connectivity index (χ2v) is 7.30. The number of likely N-dealkylation sites (tertiary alicyclic amines) is 1. The van der Waals surface area contributed by atoms with E-state index in [0.29, 0.717) is 38.7 Å². The molecular formula is C20H32F3N5O. The summed E-state index contributed by atoms with van der Waals surface area (Å²) in [5.74, 6) is 1.58. The molecule has 29 heavy (non-hydrogen) atoms. The lowest BCUT2D eigenvalue weighted by atomic mass is 10.1. The third-order valence-corrected chi connectivity index (χ3v) is 4.87. The van der Waals surface area contributed by atoms with Crippen LogP contribution in [0.4, 0.5) is 13.2 Å². The molecule has 0 aromatic carbocycles. The molecule has 2 heterocycles. The van der Waals surface area contributed by atoms with Crippen molar-refractivity contribution in [3.8, 4) is 5.88 Å². The first-order chi connectivity index (χ1) is 13.8. The van der Waals surface area contributed by atoms with Gasteiger partial charge in [-0.3, -0.25) is 9.89 Å². The lowest BCUT2D eigenvalue weighted by Crippen LogP contribution is -2.41. The van der Waals surface area contributed by atoms with Crippen molar-refractivity contribution in [3.63, 3.8) is 0 Å². The highest BCUT2D eigenvalue weighted by molar-refractivity contribution is 5.80. The van der Waals surface area contributed by atoms with Crippen LogP contribution in [0.2, 0.25) is 0 Å². The Morgan fingerprint density at radius 2 is 2.17 bits per heavy atom. The van der Waals surface area contributed by atoms with E-state index < -0.39 is 12.7 Å². The summed E-state index contributed by atoms with van der Waals surface area (Å²) in [6.07, 6.45) is -0.587. The average molecular weight is 416 g/mol. The fraction of sp³-hybridized carbons (Fsp3) is 0.700. The van der Waals surface area contributed by atoms with Gasteiger partial charge in [0.2, 0.25) is 5.88 Å². The van der Waals surface area contributed by atoms with Crippen LogP contribution < -0.4 is 10.1 Å². The van der Waals surface area contributed by atoms with E-state index >= 15 is 0 Å². The van der Waals surface area contributed by atoms with Crippen LogP contribution in [0.5, 0.6) is 5.88 Å². The van der Waals surface area contributed by atoms with Gasteiger partial charge in [-0.1, -0.05) is 19.9 Å². The summed E-state index contributed by atoms with van der Waals surface area (Å²) in [5, 5.41) is 3.32.